The smallest absolute Gasteiger partial charge is 0.290 e. The number of imide groups is 1. The molecule has 1 aliphatic rings. The van der Waals surface area contributed by atoms with Crippen LogP contribution in [0.3, 0.4) is 0 Å². The SMILES string of the molecule is COc1cc(-c2cncc3cc(C=C4SC(=O)NC4=O)oc23)cc(Cl)c1O. The molecule has 7 nitrogen and oxygen atoms in total. The van der Waals surface area contributed by atoms with E-state index in [1.807, 2.05) is 0 Å². The minimum atomic E-state index is -0.459. The summed E-state index contributed by atoms with van der Waals surface area (Å²) < 4.78 is 11.0. The molecular weight excluding hydrogens is 392 g/mol. The normalized spacial score (nSPS) is 15.6. The van der Waals surface area contributed by atoms with E-state index < -0.39 is 11.1 Å². The zero-order valence-corrected chi connectivity index (χ0v) is 15.4. The molecule has 0 spiro atoms. The molecule has 27 heavy (non-hydrogen) atoms. The van der Waals surface area contributed by atoms with Crippen LogP contribution < -0.4 is 10.1 Å². The summed E-state index contributed by atoms with van der Waals surface area (Å²) >= 11 is 6.89. The minimum Gasteiger partial charge on any atom is -0.503 e. The van der Waals surface area contributed by atoms with Gasteiger partial charge < -0.3 is 14.3 Å². The van der Waals surface area contributed by atoms with Crippen molar-refractivity contribution < 1.29 is 23.8 Å². The number of amides is 2. The number of thioether (sulfide) groups is 1. The second-order valence-corrected chi connectivity index (χ2v) is 7.04. The number of pyridine rings is 1. The second-order valence-electron chi connectivity index (χ2n) is 5.62. The Balaban J connectivity index is 1.83. The molecule has 1 aliphatic heterocycles. The van der Waals surface area contributed by atoms with Gasteiger partial charge in [0.25, 0.3) is 11.1 Å². The van der Waals surface area contributed by atoms with Crippen LogP contribution in [0, 0.1) is 0 Å². The molecule has 0 radical (unpaired) electrons. The number of hydrogen-bond donors (Lipinski definition) is 2. The molecule has 3 aromatic rings. The van der Waals surface area contributed by atoms with Gasteiger partial charge in [0.15, 0.2) is 11.5 Å². The molecule has 1 saturated heterocycles. The maximum absolute atomic E-state index is 11.7. The first-order chi connectivity index (χ1) is 13.0. The molecule has 136 valence electrons. The van der Waals surface area contributed by atoms with E-state index in [4.69, 9.17) is 20.8 Å². The van der Waals surface area contributed by atoms with Crippen LogP contribution in [0.4, 0.5) is 4.79 Å². The number of aromatic nitrogens is 1. The lowest BCUT2D eigenvalue weighted by atomic mass is 10.1. The maximum Gasteiger partial charge on any atom is 0.290 e. The third-order valence-electron chi connectivity index (χ3n) is 3.92. The van der Waals surface area contributed by atoms with Crippen LogP contribution in [-0.2, 0) is 4.79 Å². The van der Waals surface area contributed by atoms with Gasteiger partial charge in [0.05, 0.1) is 17.0 Å². The highest BCUT2D eigenvalue weighted by atomic mass is 35.5. The molecule has 0 aliphatic carbocycles. The van der Waals surface area contributed by atoms with Gasteiger partial charge in [0.2, 0.25) is 0 Å². The number of furan rings is 1. The van der Waals surface area contributed by atoms with Crippen molar-refractivity contribution in [3.05, 3.63) is 46.3 Å². The maximum atomic E-state index is 11.7. The van der Waals surface area contributed by atoms with Crippen LogP contribution in [0.15, 0.2) is 39.9 Å². The fourth-order valence-corrected chi connectivity index (χ4v) is 3.57. The van der Waals surface area contributed by atoms with Crippen molar-refractivity contribution in [2.24, 2.45) is 0 Å². The van der Waals surface area contributed by atoms with Crippen molar-refractivity contribution in [2.45, 2.75) is 0 Å². The van der Waals surface area contributed by atoms with E-state index in [1.165, 1.54) is 13.2 Å². The first-order valence-corrected chi connectivity index (χ1v) is 8.85. The van der Waals surface area contributed by atoms with E-state index in [1.54, 1.807) is 30.6 Å². The number of methoxy groups -OCH3 is 1. The van der Waals surface area contributed by atoms with Gasteiger partial charge >= 0.3 is 0 Å². The molecule has 0 bridgehead atoms. The molecule has 9 heteroatoms. The van der Waals surface area contributed by atoms with Gasteiger partial charge in [-0.2, -0.15) is 0 Å². The van der Waals surface area contributed by atoms with Crippen LogP contribution >= 0.6 is 23.4 Å². The Bertz CT molecular complexity index is 1140. The van der Waals surface area contributed by atoms with Gasteiger partial charge in [-0.25, -0.2) is 0 Å². The first-order valence-electron chi connectivity index (χ1n) is 7.65. The molecule has 0 unspecified atom stereocenters. The Morgan fingerprint density at radius 1 is 1.30 bits per heavy atom. The predicted octanol–water partition coefficient (Wildman–Crippen LogP) is 4.19. The van der Waals surface area contributed by atoms with Crippen LogP contribution in [0.1, 0.15) is 5.76 Å². The zero-order chi connectivity index (χ0) is 19.1. The number of ether oxygens (including phenoxy) is 1. The molecule has 3 heterocycles. The summed E-state index contributed by atoms with van der Waals surface area (Å²) in [6.07, 6.45) is 4.72. The number of nitrogens with zero attached hydrogens (tertiary/aromatic N) is 1. The van der Waals surface area contributed by atoms with E-state index >= 15 is 0 Å². The summed E-state index contributed by atoms with van der Waals surface area (Å²) in [5, 5.41) is 12.5. The van der Waals surface area contributed by atoms with Crippen LogP contribution in [0.2, 0.25) is 5.02 Å². The highest BCUT2D eigenvalue weighted by Gasteiger charge is 2.25. The average Bonchev–Trinajstić information content (AvgIpc) is 3.19. The highest BCUT2D eigenvalue weighted by molar-refractivity contribution is 8.18. The lowest BCUT2D eigenvalue weighted by Gasteiger charge is -2.09. The monoisotopic (exact) mass is 402 g/mol. The number of aromatic hydroxyl groups is 1. The Labute approximate surface area is 162 Å². The highest BCUT2D eigenvalue weighted by Crippen LogP contribution is 2.40. The van der Waals surface area contributed by atoms with Crippen LogP contribution in [-0.4, -0.2) is 28.3 Å². The fraction of sp³-hybridized carbons (Fsp3) is 0.0556. The summed E-state index contributed by atoms with van der Waals surface area (Å²) in [5.74, 6) is 0.0186. The standard InChI is InChI=1S/C18H11ClN2O5S/c1-25-13-4-8(3-12(19)15(13)22)11-7-20-6-9-2-10(26-16(9)11)5-14-17(23)21-18(24)27-14/h2-7,22H,1H3,(H,21,23,24). The molecule has 2 N–H and O–H groups in total. The molecule has 2 amide bonds. The third kappa shape index (κ3) is 3.13. The van der Waals surface area contributed by atoms with Gasteiger partial charge in [-0.3, -0.25) is 19.9 Å². The van der Waals surface area contributed by atoms with Crippen molar-refractivity contribution in [3.63, 3.8) is 0 Å². The molecule has 0 atom stereocenters. The Morgan fingerprint density at radius 3 is 2.81 bits per heavy atom. The fourth-order valence-electron chi connectivity index (χ4n) is 2.69. The Hall–Kier alpha value is -2.97. The van der Waals surface area contributed by atoms with Gasteiger partial charge in [-0.15, -0.1) is 0 Å². The number of fused-ring (bicyclic) bond motifs is 1. The van der Waals surface area contributed by atoms with Gasteiger partial charge in [0.1, 0.15) is 11.3 Å². The number of carbonyl (C=O) groups is 2. The lowest BCUT2D eigenvalue weighted by Crippen LogP contribution is -2.17. The number of carbonyl (C=O) groups excluding carboxylic acids is 2. The summed E-state index contributed by atoms with van der Waals surface area (Å²) in [6, 6.07) is 4.92. The number of benzene rings is 1. The van der Waals surface area contributed by atoms with E-state index in [-0.39, 0.29) is 21.4 Å². The number of nitrogens with one attached hydrogen (secondary N) is 1. The number of phenolic OH excluding ortho intramolecular Hbond substituents is 1. The van der Waals surface area contributed by atoms with E-state index in [0.29, 0.717) is 27.9 Å². The number of rotatable bonds is 3. The van der Waals surface area contributed by atoms with Crippen molar-refractivity contribution in [1.82, 2.24) is 10.3 Å². The average molecular weight is 403 g/mol. The van der Waals surface area contributed by atoms with Crippen molar-refractivity contribution in [1.29, 1.82) is 0 Å². The molecule has 1 aromatic carbocycles. The first kappa shape index (κ1) is 17.4. The van der Waals surface area contributed by atoms with E-state index in [9.17, 15) is 14.7 Å². The lowest BCUT2D eigenvalue weighted by molar-refractivity contribution is -0.115. The number of phenols is 1. The van der Waals surface area contributed by atoms with Crippen molar-refractivity contribution >= 4 is 51.6 Å². The summed E-state index contributed by atoms with van der Waals surface area (Å²) in [7, 11) is 1.43. The molecular formula is C18H11ClN2O5S. The molecule has 0 saturated carbocycles. The second kappa shape index (κ2) is 6.64. The summed E-state index contributed by atoms with van der Waals surface area (Å²) in [6.45, 7) is 0. The molecule has 1 fully saturated rings. The third-order valence-corrected chi connectivity index (χ3v) is 5.02. The van der Waals surface area contributed by atoms with Crippen LogP contribution in [0.25, 0.3) is 28.2 Å². The van der Waals surface area contributed by atoms with E-state index in [2.05, 4.69) is 10.3 Å². The van der Waals surface area contributed by atoms with Gasteiger partial charge in [-0.1, -0.05) is 11.6 Å². The minimum absolute atomic E-state index is 0.132. The predicted molar refractivity (Wildman–Crippen MR) is 102 cm³/mol. The summed E-state index contributed by atoms with van der Waals surface area (Å²) in [5.41, 5.74) is 1.80. The van der Waals surface area contributed by atoms with Crippen LogP contribution in [0.5, 0.6) is 11.5 Å². The molecule has 4 rings (SSSR count). The topological polar surface area (TPSA) is 102 Å². The number of hydrogen-bond acceptors (Lipinski definition) is 7. The Kier molecular flexibility index (Phi) is 4.29. The quantitative estimate of drug-likeness (QED) is 0.633. The summed E-state index contributed by atoms with van der Waals surface area (Å²) in [4.78, 5) is 27.5. The Morgan fingerprint density at radius 2 is 2.11 bits per heavy atom. The largest absolute Gasteiger partial charge is 0.503 e. The van der Waals surface area contributed by atoms with Gasteiger partial charge in [-0.05, 0) is 35.5 Å². The van der Waals surface area contributed by atoms with Gasteiger partial charge in [0, 0.05) is 29.4 Å². The van der Waals surface area contributed by atoms with E-state index in [0.717, 1.165) is 11.8 Å². The zero-order valence-electron chi connectivity index (χ0n) is 13.8. The number of halogens is 1. The van der Waals surface area contributed by atoms with Crippen molar-refractivity contribution in [2.75, 3.05) is 7.11 Å². The van der Waals surface area contributed by atoms with Crippen molar-refractivity contribution in [3.8, 4) is 22.6 Å². The molecule has 2 aromatic heterocycles.